The number of rotatable bonds is 3. The van der Waals surface area contributed by atoms with E-state index in [0.717, 1.165) is 12.5 Å². The Kier molecular flexibility index (Phi) is 5.58. The first kappa shape index (κ1) is 27.1. The van der Waals surface area contributed by atoms with Crippen LogP contribution in [0.15, 0.2) is 53.0 Å². The molecule has 0 spiro atoms. The summed E-state index contributed by atoms with van der Waals surface area (Å²) in [5, 5.41) is 46.1. The Hall–Kier alpha value is -4.11. The zero-order chi connectivity index (χ0) is 29.8. The van der Waals surface area contributed by atoms with Crippen molar-refractivity contribution in [3.8, 4) is 28.4 Å². The molecule has 0 aromatic heterocycles. The molecule has 3 aliphatic carbocycles. The van der Waals surface area contributed by atoms with Gasteiger partial charge in [-0.25, -0.2) is 0 Å². The second-order valence-electron chi connectivity index (χ2n) is 12.5. The number of Topliss-reactive ketones (excluding diaryl/α,β-unsaturated/α-hetero) is 3. The summed E-state index contributed by atoms with van der Waals surface area (Å²) in [4.78, 5) is 40.5. The van der Waals surface area contributed by atoms with Crippen LogP contribution in [0.4, 0.5) is 0 Å². The molecule has 1 aliphatic heterocycles. The van der Waals surface area contributed by atoms with E-state index < -0.39 is 56.8 Å². The minimum Gasteiger partial charge on any atom is -0.511 e. The van der Waals surface area contributed by atoms with Gasteiger partial charge < -0.3 is 29.9 Å². The fourth-order valence-electron chi connectivity index (χ4n) is 8.07. The second-order valence-corrected chi connectivity index (χ2v) is 12.5. The Morgan fingerprint density at radius 2 is 1.71 bits per heavy atom. The van der Waals surface area contributed by atoms with Crippen molar-refractivity contribution in [3.63, 3.8) is 0 Å². The highest BCUT2D eigenvalue weighted by Crippen LogP contribution is 2.65. The van der Waals surface area contributed by atoms with Crippen molar-refractivity contribution in [1.29, 1.82) is 0 Å². The Labute approximate surface area is 236 Å². The van der Waals surface area contributed by atoms with Gasteiger partial charge in [0.2, 0.25) is 12.6 Å². The molecule has 1 unspecified atom stereocenters. The molecule has 6 rings (SSSR count). The van der Waals surface area contributed by atoms with E-state index in [0.29, 0.717) is 22.6 Å². The average Bonchev–Trinajstić information content (AvgIpc) is 3.34. The number of fused-ring (bicyclic) bond motifs is 4. The van der Waals surface area contributed by atoms with E-state index in [2.05, 4.69) is 0 Å². The summed E-state index contributed by atoms with van der Waals surface area (Å²) < 4.78 is 11.0. The summed E-state index contributed by atoms with van der Waals surface area (Å²) in [5.74, 6) is -4.20. The predicted molar refractivity (Wildman–Crippen MR) is 147 cm³/mol. The Morgan fingerprint density at radius 3 is 2.37 bits per heavy atom. The van der Waals surface area contributed by atoms with Gasteiger partial charge in [-0.1, -0.05) is 39.8 Å². The number of hydrogen-bond donors (Lipinski definition) is 4. The van der Waals surface area contributed by atoms with E-state index in [1.165, 1.54) is 6.07 Å². The zero-order valence-electron chi connectivity index (χ0n) is 23.5. The van der Waals surface area contributed by atoms with Gasteiger partial charge in [0.05, 0.1) is 5.56 Å². The third-order valence-electron chi connectivity index (χ3n) is 9.57. The maximum absolute atomic E-state index is 14.2. The van der Waals surface area contributed by atoms with Crippen LogP contribution in [0.2, 0.25) is 0 Å². The molecule has 2 aromatic carbocycles. The third-order valence-corrected chi connectivity index (χ3v) is 9.57. The Balaban J connectivity index is 1.60. The monoisotopic (exact) mass is 560 g/mol. The summed E-state index contributed by atoms with van der Waals surface area (Å²) in [6, 6.07) is 8.51. The largest absolute Gasteiger partial charge is 0.511 e. The topological polar surface area (TPSA) is 151 Å². The molecule has 4 aliphatic rings. The summed E-state index contributed by atoms with van der Waals surface area (Å²) >= 11 is 0. The molecule has 4 N–H and O–H groups in total. The van der Waals surface area contributed by atoms with Crippen LogP contribution in [0.25, 0.3) is 11.1 Å². The van der Waals surface area contributed by atoms with Crippen molar-refractivity contribution in [2.24, 2.45) is 22.7 Å². The summed E-state index contributed by atoms with van der Waals surface area (Å²) in [6.45, 7) is 8.21. The number of hydrogen-bond acceptors (Lipinski definition) is 9. The van der Waals surface area contributed by atoms with Crippen LogP contribution >= 0.6 is 0 Å². The molecule has 2 aromatic rings. The standard InChI is InChI=1S/C32H32O9/c1-14(2)24-26(35)22(15(3)33)28(37)32(39)29(38)25-27(36)23-18(11-30(25,4)12-31(24,32)5)17(7-8-19(23)34)16-6-9-20-21(10-16)41-13-40-20/h6-10,14,24,34-35,38-39H,11-13H2,1-5H3/t24?,30-,31-,32+/m1/s1. The lowest BCUT2D eigenvalue weighted by atomic mass is 9.44. The number of ketones is 3. The van der Waals surface area contributed by atoms with Crippen molar-refractivity contribution in [2.75, 3.05) is 6.79 Å². The van der Waals surface area contributed by atoms with Gasteiger partial charge in [0.1, 0.15) is 22.8 Å². The maximum atomic E-state index is 14.2. The van der Waals surface area contributed by atoms with E-state index >= 15 is 0 Å². The fourth-order valence-corrected chi connectivity index (χ4v) is 8.07. The molecule has 0 fully saturated rings. The molecular formula is C32H32O9. The maximum Gasteiger partial charge on any atom is 0.231 e. The number of phenols is 1. The number of carbonyl (C=O) groups excluding carboxylic acids is 3. The lowest BCUT2D eigenvalue weighted by Gasteiger charge is -2.59. The molecule has 4 atom stereocenters. The van der Waals surface area contributed by atoms with Crippen LogP contribution in [0.1, 0.15) is 57.0 Å². The van der Waals surface area contributed by atoms with Crippen molar-refractivity contribution in [2.45, 2.75) is 53.1 Å². The minimum absolute atomic E-state index is 0.0276. The Morgan fingerprint density at radius 1 is 1.02 bits per heavy atom. The number of aliphatic hydroxyl groups excluding tert-OH is 2. The molecule has 41 heavy (non-hydrogen) atoms. The molecule has 9 nitrogen and oxygen atoms in total. The molecule has 0 radical (unpaired) electrons. The first-order chi connectivity index (χ1) is 19.2. The van der Waals surface area contributed by atoms with E-state index in [4.69, 9.17) is 9.47 Å². The molecule has 0 amide bonds. The van der Waals surface area contributed by atoms with E-state index in [-0.39, 0.29) is 42.4 Å². The molecule has 0 saturated heterocycles. The van der Waals surface area contributed by atoms with Crippen LogP contribution < -0.4 is 9.47 Å². The molecule has 1 heterocycles. The highest BCUT2D eigenvalue weighted by Gasteiger charge is 2.71. The van der Waals surface area contributed by atoms with Gasteiger partial charge in [-0.15, -0.1) is 0 Å². The zero-order valence-corrected chi connectivity index (χ0v) is 23.5. The van der Waals surface area contributed by atoms with Crippen molar-refractivity contribution < 1.29 is 44.3 Å². The van der Waals surface area contributed by atoms with E-state index in [1.54, 1.807) is 45.9 Å². The highest BCUT2D eigenvalue weighted by molar-refractivity contribution is 6.25. The average molecular weight is 561 g/mol. The number of allylic oxidation sites excluding steroid dienone is 2. The number of carbonyl (C=O) groups is 3. The summed E-state index contributed by atoms with van der Waals surface area (Å²) in [5.41, 5.74) is -4.03. The van der Waals surface area contributed by atoms with Gasteiger partial charge in [0, 0.05) is 22.3 Å². The Bertz CT molecular complexity index is 1650. The second kappa shape index (κ2) is 8.45. The number of benzene rings is 2. The van der Waals surface area contributed by atoms with Gasteiger partial charge in [-0.2, -0.15) is 0 Å². The third kappa shape index (κ3) is 3.29. The number of ether oxygens (including phenoxy) is 2. The van der Waals surface area contributed by atoms with Crippen molar-refractivity contribution in [3.05, 3.63) is 64.1 Å². The number of aromatic hydroxyl groups is 1. The van der Waals surface area contributed by atoms with Gasteiger partial charge in [0.15, 0.2) is 28.7 Å². The van der Waals surface area contributed by atoms with Crippen molar-refractivity contribution in [1.82, 2.24) is 0 Å². The first-order valence-corrected chi connectivity index (χ1v) is 13.6. The van der Waals surface area contributed by atoms with Crippen LogP contribution in [0.3, 0.4) is 0 Å². The first-order valence-electron chi connectivity index (χ1n) is 13.6. The van der Waals surface area contributed by atoms with E-state index in [1.807, 2.05) is 6.07 Å². The van der Waals surface area contributed by atoms with Crippen LogP contribution in [0, 0.1) is 22.7 Å². The van der Waals surface area contributed by atoms with Gasteiger partial charge >= 0.3 is 0 Å². The fraction of sp³-hybridized carbons (Fsp3) is 0.406. The van der Waals surface area contributed by atoms with Crippen LogP contribution in [-0.4, -0.2) is 50.2 Å². The van der Waals surface area contributed by atoms with Gasteiger partial charge in [0.25, 0.3) is 0 Å². The normalized spacial score (nSPS) is 30.4. The molecule has 9 heteroatoms. The minimum atomic E-state index is -2.64. The predicted octanol–water partition coefficient (Wildman–Crippen LogP) is 4.74. The number of phenolic OH excluding ortho intramolecular Hbond substituents is 1. The van der Waals surface area contributed by atoms with Gasteiger partial charge in [-0.3, -0.25) is 14.4 Å². The lowest BCUT2D eigenvalue weighted by molar-refractivity contribution is -0.171. The summed E-state index contributed by atoms with van der Waals surface area (Å²) in [7, 11) is 0. The summed E-state index contributed by atoms with van der Waals surface area (Å²) in [6.07, 6.45) is 0.210. The van der Waals surface area contributed by atoms with Crippen LogP contribution in [-0.2, 0) is 16.0 Å². The van der Waals surface area contributed by atoms with E-state index in [9.17, 15) is 34.8 Å². The smallest absolute Gasteiger partial charge is 0.231 e. The number of aliphatic hydroxyl groups is 3. The molecule has 0 bridgehead atoms. The molecular weight excluding hydrogens is 528 g/mol. The van der Waals surface area contributed by atoms with Crippen molar-refractivity contribution >= 4 is 17.3 Å². The molecule has 0 saturated carbocycles. The highest BCUT2D eigenvalue weighted by atomic mass is 16.7. The molecule has 214 valence electrons. The SMILES string of the molecule is CC(=O)C1=C(O)C(C(C)C)[C@@]2(C)C[C@@]3(C)Cc4c(-c5ccc6c(c5)OCO6)ccc(O)c4C(=O)C3=C(O)[C@@]2(O)C1=O. The quantitative estimate of drug-likeness (QED) is 0.390. The van der Waals surface area contributed by atoms with Crippen LogP contribution in [0.5, 0.6) is 17.2 Å². The lowest BCUT2D eigenvalue weighted by Crippen LogP contribution is -2.67. The van der Waals surface area contributed by atoms with Gasteiger partial charge in [-0.05, 0) is 60.6 Å².